The van der Waals surface area contributed by atoms with Crippen LogP contribution >= 0.6 is 0 Å². The van der Waals surface area contributed by atoms with Gasteiger partial charge in [0.25, 0.3) is 0 Å². The number of unbranched alkanes of at least 4 members (excludes halogenated alkanes) is 2. The number of rotatable bonds is 8. The smallest absolute Gasteiger partial charge is 0.311 e. The van der Waals surface area contributed by atoms with Crippen LogP contribution in [0.4, 0.5) is 5.69 Å². The predicted octanol–water partition coefficient (Wildman–Crippen LogP) is 5.26. The third-order valence-electron chi connectivity index (χ3n) is 5.71. The number of nitrogens with zero attached hydrogens (tertiary/aromatic N) is 1. The van der Waals surface area contributed by atoms with Crippen LogP contribution in [0.3, 0.4) is 0 Å². The molecule has 0 aliphatic carbocycles. The highest BCUT2D eigenvalue weighted by atomic mass is 16.5. The lowest BCUT2D eigenvalue weighted by molar-refractivity contribution is -0.439. The molecular formula is C24H30NO3+. The number of para-hydroxylation sites is 1. The molecule has 0 unspecified atom stereocenters. The first kappa shape index (κ1) is 20.1. The standard InChI is InChI=1S/C24H30NO3/c1-18-24(2,3)21-17-20(27-4)14-15-22(21)25(18)16-10-6-9-13-23(26)28-19-11-7-5-8-12-19/h5,7-8,11-12,14-15,17H,6,9-10,13,16H2,1-4H3/q+1. The van der Waals surface area contributed by atoms with Gasteiger partial charge in [0.2, 0.25) is 5.69 Å². The molecule has 0 spiro atoms. The maximum absolute atomic E-state index is 11.9. The van der Waals surface area contributed by atoms with Gasteiger partial charge in [0.15, 0.2) is 5.71 Å². The molecule has 0 saturated carbocycles. The lowest BCUT2D eigenvalue weighted by Gasteiger charge is -2.15. The fourth-order valence-corrected chi connectivity index (χ4v) is 3.77. The molecule has 2 aromatic carbocycles. The Bertz CT molecular complexity index is 869. The zero-order valence-electron chi connectivity index (χ0n) is 17.3. The second-order valence-corrected chi connectivity index (χ2v) is 7.84. The molecule has 0 fully saturated rings. The lowest BCUT2D eigenvalue weighted by Crippen LogP contribution is -2.26. The molecule has 4 nitrogen and oxygen atoms in total. The summed E-state index contributed by atoms with van der Waals surface area (Å²) in [5, 5.41) is 0. The molecule has 1 aliphatic heterocycles. The van der Waals surface area contributed by atoms with Gasteiger partial charge >= 0.3 is 5.97 Å². The van der Waals surface area contributed by atoms with Gasteiger partial charge in [0.1, 0.15) is 18.0 Å². The van der Waals surface area contributed by atoms with Crippen LogP contribution in [0.5, 0.6) is 11.5 Å². The lowest BCUT2D eigenvalue weighted by atomic mass is 9.82. The zero-order chi connectivity index (χ0) is 20.1. The predicted molar refractivity (Wildman–Crippen MR) is 112 cm³/mol. The highest BCUT2D eigenvalue weighted by molar-refractivity contribution is 5.93. The van der Waals surface area contributed by atoms with E-state index in [9.17, 15) is 4.79 Å². The van der Waals surface area contributed by atoms with Gasteiger partial charge in [-0.2, -0.15) is 4.58 Å². The fraction of sp³-hybridized carbons (Fsp3) is 0.417. The first-order valence-corrected chi connectivity index (χ1v) is 9.99. The number of methoxy groups -OCH3 is 1. The van der Waals surface area contributed by atoms with Crippen molar-refractivity contribution < 1.29 is 18.8 Å². The second kappa shape index (κ2) is 8.59. The Labute approximate surface area is 167 Å². The van der Waals surface area contributed by atoms with Crippen molar-refractivity contribution in [3.8, 4) is 11.5 Å². The van der Waals surface area contributed by atoms with Crippen molar-refractivity contribution in [1.29, 1.82) is 0 Å². The minimum atomic E-state index is -0.159. The largest absolute Gasteiger partial charge is 0.497 e. The minimum Gasteiger partial charge on any atom is -0.497 e. The maximum atomic E-state index is 11.9. The summed E-state index contributed by atoms with van der Waals surface area (Å²) in [6.45, 7) is 7.70. The van der Waals surface area contributed by atoms with Crippen LogP contribution in [0.1, 0.15) is 52.0 Å². The zero-order valence-corrected chi connectivity index (χ0v) is 17.3. The molecule has 0 aromatic heterocycles. The molecule has 4 heteroatoms. The van der Waals surface area contributed by atoms with E-state index in [-0.39, 0.29) is 11.4 Å². The second-order valence-electron chi connectivity index (χ2n) is 7.84. The minimum absolute atomic E-state index is 0.00334. The molecule has 3 rings (SSSR count). The van der Waals surface area contributed by atoms with E-state index in [1.54, 1.807) is 19.2 Å². The van der Waals surface area contributed by atoms with Crippen molar-refractivity contribution in [3.63, 3.8) is 0 Å². The third-order valence-corrected chi connectivity index (χ3v) is 5.71. The Morgan fingerprint density at radius 2 is 1.75 bits per heavy atom. The Kier molecular flexibility index (Phi) is 6.18. The van der Waals surface area contributed by atoms with Crippen LogP contribution in [0.15, 0.2) is 48.5 Å². The van der Waals surface area contributed by atoms with Gasteiger partial charge in [-0.15, -0.1) is 0 Å². The summed E-state index contributed by atoms with van der Waals surface area (Å²) in [5.41, 5.74) is 3.95. The summed E-state index contributed by atoms with van der Waals surface area (Å²) in [7, 11) is 1.71. The molecule has 28 heavy (non-hydrogen) atoms. The first-order chi connectivity index (χ1) is 13.4. The number of hydrogen-bond donors (Lipinski definition) is 0. The Morgan fingerprint density at radius 3 is 2.46 bits per heavy atom. The third kappa shape index (κ3) is 4.27. The highest BCUT2D eigenvalue weighted by Gasteiger charge is 2.42. The van der Waals surface area contributed by atoms with Gasteiger partial charge in [-0.1, -0.05) is 18.2 Å². The molecule has 0 radical (unpaired) electrons. The molecular weight excluding hydrogens is 350 g/mol. The van der Waals surface area contributed by atoms with Gasteiger partial charge in [0.05, 0.1) is 12.5 Å². The fourth-order valence-electron chi connectivity index (χ4n) is 3.77. The number of hydrogen-bond acceptors (Lipinski definition) is 3. The van der Waals surface area contributed by atoms with Gasteiger partial charge < -0.3 is 9.47 Å². The summed E-state index contributed by atoms with van der Waals surface area (Å²) in [4.78, 5) is 11.9. The number of carbonyl (C=O) groups excluding carboxylic acids is 1. The van der Waals surface area contributed by atoms with Gasteiger partial charge in [-0.25, -0.2) is 0 Å². The van der Waals surface area contributed by atoms with Crippen LogP contribution in [-0.4, -0.2) is 29.9 Å². The number of ether oxygens (including phenoxy) is 2. The van der Waals surface area contributed by atoms with Gasteiger partial charge in [0, 0.05) is 31.4 Å². The van der Waals surface area contributed by atoms with Crippen molar-refractivity contribution in [3.05, 3.63) is 54.1 Å². The van der Waals surface area contributed by atoms with Crippen LogP contribution in [0, 0.1) is 0 Å². The molecule has 1 aliphatic rings. The van der Waals surface area contributed by atoms with E-state index in [4.69, 9.17) is 9.47 Å². The Hall–Kier alpha value is -2.62. The maximum Gasteiger partial charge on any atom is 0.311 e. The number of fused-ring (bicyclic) bond motifs is 1. The van der Waals surface area contributed by atoms with E-state index in [1.165, 1.54) is 17.0 Å². The van der Waals surface area contributed by atoms with Crippen molar-refractivity contribution >= 4 is 17.4 Å². The van der Waals surface area contributed by atoms with Crippen molar-refractivity contribution in [2.45, 2.75) is 51.9 Å². The van der Waals surface area contributed by atoms with E-state index in [0.29, 0.717) is 12.2 Å². The van der Waals surface area contributed by atoms with E-state index in [1.807, 2.05) is 24.3 Å². The topological polar surface area (TPSA) is 38.5 Å². The number of benzene rings is 2. The average Bonchev–Trinajstić information content (AvgIpc) is 2.88. The summed E-state index contributed by atoms with van der Waals surface area (Å²) in [5.74, 6) is 1.36. The average molecular weight is 381 g/mol. The molecule has 2 aromatic rings. The van der Waals surface area contributed by atoms with Crippen LogP contribution in [0.2, 0.25) is 0 Å². The molecule has 148 valence electrons. The molecule has 0 amide bonds. The Balaban J connectivity index is 1.51. The molecule has 0 bridgehead atoms. The van der Waals surface area contributed by atoms with Crippen molar-refractivity contribution in [2.75, 3.05) is 13.7 Å². The van der Waals surface area contributed by atoms with Gasteiger partial charge in [-0.3, -0.25) is 4.79 Å². The Morgan fingerprint density at radius 1 is 1.00 bits per heavy atom. The normalized spacial score (nSPS) is 14.7. The molecule has 1 heterocycles. The van der Waals surface area contributed by atoms with E-state index >= 15 is 0 Å². The summed E-state index contributed by atoms with van der Waals surface area (Å²) in [6, 6.07) is 15.6. The highest BCUT2D eigenvalue weighted by Crippen LogP contribution is 2.41. The number of carbonyl (C=O) groups is 1. The van der Waals surface area contributed by atoms with Crippen molar-refractivity contribution in [2.24, 2.45) is 0 Å². The van der Waals surface area contributed by atoms with Gasteiger partial charge in [-0.05, 0) is 51.0 Å². The van der Waals surface area contributed by atoms with Crippen LogP contribution < -0.4 is 9.47 Å². The van der Waals surface area contributed by atoms with Crippen molar-refractivity contribution in [1.82, 2.24) is 0 Å². The van der Waals surface area contributed by atoms with E-state index < -0.39 is 0 Å². The quantitative estimate of drug-likeness (QED) is 0.271. The van der Waals surface area contributed by atoms with E-state index in [2.05, 4.69) is 37.5 Å². The summed E-state index contributed by atoms with van der Waals surface area (Å²) < 4.78 is 13.2. The van der Waals surface area contributed by atoms with Crippen LogP contribution in [0.25, 0.3) is 0 Å². The molecule has 0 atom stereocenters. The molecule has 0 saturated heterocycles. The molecule has 0 N–H and O–H groups in total. The van der Waals surface area contributed by atoms with Crippen LogP contribution in [-0.2, 0) is 10.2 Å². The number of esters is 1. The van der Waals surface area contributed by atoms with E-state index in [0.717, 1.165) is 31.6 Å². The SMILES string of the molecule is COc1ccc2c(c1)C(C)(C)C(C)=[N+]2CCCCCC(=O)Oc1ccccc1. The first-order valence-electron chi connectivity index (χ1n) is 9.99. The summed E-state index contributed by atoms with van der Waals surface area (Å²) >= 11 is 0. The summed E-state index contributed by atoms with van der Waals surface area (Å²) in [6.07, 6.45) is 3.34. The monoisotopic (exact) mass is 380 g/mol.